The molecule has 4 N–H and O–H groups in total. The third kappa shape index (κ3) is 8.08. The topological polar surface area (TPSA) is 172 Å². The minimum absolute atomic E-state index is 0.0298. The monoisotopic (exact) mass is 549 g/mol. The van der Waals surface area contributed by atoms with Crippen molar-refractivity contribution in [2.45, 2.75) is 31.5 Å². The van der Waals surface area contributed by atoms with Crippen molar-refractivity contribution in [3.05, 3.63) is 45.7 Å². The standard InChI is InChI=1S/C21H26F3N5O7S/c1-13-17(21(22,23)24)18(20(33)29(19(13)32)9-7-25-14(2)31)28-27-15-3-5-16(6-4-15)37(34,35)26-8-11-36-12-10-30/h3-6,26,30,32H,7-12H2,1-2H3,(H,25,31). The van der Waals surface area contributed by atoms with Crippen LogP contribution in [0.5, 0.6) is 5.88 Å². The van der Waals surface area contributed by atoms with Crippen LogP contribution in [0, 0.1) is 6.92 Å². The number of alkyl halides is 3. The Labute approximate surface area is 209 Å². The number of aromatic hydroxyl groups is 1. The smallest absolute Gasteiger partial charge is 0.419 e. The number of rotatable bonds is 12. The van der Waals surface area contributed by atoms with Crippen LogP contribution in [0.25, 0.3) is 0 Å². The number of aliphatic hydroxyl groups is 1. The molecule has 16 heteroatoms. The second kappa shape index (κ2) is 12.8. The number of nitrogens with one attached hydrogen (secondary N) is 2. The maximum atomic E-state index is 13.7. The van der Waals surface area contributed by atoms with Gasteiger partial charge < -0.3 is 20.3 Å². The van der Waals surface area contributed by atoms with Crippen molar-refractivity contribution in [1.82, 2.24) is 14.6 Å². The maximum Gasteiger partial charge on any atom is 0.419 e. The molecule has 204 valence electrons. The molecule has 1 aromatic heterocycles. The minimum atomic E-state index is -5.05. The van der Waals surface area contributed by atoms with Gasteiger partial charge in [-0.15, -0.1) is 5.11 Å². The summed E-state index contributed by atoms with van der Waals surface area (Å²) in [6, 6.07) is 4.64. The number of hydrogen-bond donors (Lipinski definition) is 4. The number of aromatic nitrogens is 1. The van der Waals surface area contributed by atoms with Crippen molar-refractivity contribution in [3.63, 3.8) is 0 Å². The summed E-state index contributed by atoms with van der Waals surface area (Å²) >= 11 is 0. The van der Waals surface area contributed by atoms with Crippen LogP contribution in [-0.4, -0.2) is 62.0 Å². The van der Waals surface area contributed by atoms with E-state index in [0.717, 1.165) is 19.1 Å². The first-order valence-corrected chi connectivity index (χ1v) is 12.3. The first-order valence-electron chi connectivity index (χ1n) is 10.8. The van der Waals surface area contributed by atoms with Crippen LogP contribution >= 0.6 is 0 Å². The molecule has 1 amide bonds. The predicted octanol–water partition coefficient (Wildman–Crippen LogP) is 1.72. The van der Waals surface area contributed by atoms with Crippen molar-refractivity contribution >= 4 is 27.3 Å². The summed E-state index contributed by atoms with van der Waals surface area (Å²) in [7, 11) is -3.92. The number of halogens is 3. The number of hydrogen-bond acceptors (Lipinski definition) is 9. The molecule has 0 aliphatic rings. The van der Waals surface area contributed by atoms with Gasteiger partial charge in [0.15, 0.2) is 11.6 Å². The zero-order valence-corrected chi connectivity index (χ0v) is 20.7. The Kier molecular flexibility index (Phi) is 10.3. The Morgan fingerprint density at radius 2 is 1.78 bits per heavy atom. The van der Waals surface area contributed by atoms with Gasteiger partial charge in [-0.2, -0.15) is 18.3 Å². The summed E-state index contributed by atoms with van der Waals surface area (Å²) < 4.78 is 73.7. The fourth-order valence-electron chi connectivity index (χ4n) is 3.11. The lowest BCUT2D eigenvalue weighted by Crippen LogP contribution is -2.31. The van der Waals surface area contributed by atoms with Crippen LogP contribution in [0.15, 0.2) is 44.2 Å². The zero-order valence-electron chi connectivity index (χ0n) is 19.9. The Balaban J connectivity index is 2.36. The van der Waals surface area contributed by atoms with E-state index in [0.29, 0.717) is 4.57 Å². The minimum Gasteiger partial charge on any atom is -0.494 e. The first-order chi connectivity index (χ1) is 17.3. The molecule has 1 aromatic carbocycles. The first kappa shape index (κ1) is 29.9. The average molecular weight is 550 g/mol. The van der Waals surface area contributed by atoms with Gasteiger partial charge in [-0.3, -0.25) is 14.2 Å². The maximum absolute atomic E-state index is 13.7. The van der Waals surface area contributed by atoms with Gasteiger partial charge in [0.2, 0.25) is 15.9 Å². The molecule has 0 fully saturated rings. The third-order valence-corrected chi connectivity index (χ3v) is 6.31. The lowest BCUT2D eigenvalue weighted by molar-refractivity contribution is -0.137. The highest BCUT2D eigenvalue weighted by atomic mass is 32.2. The highest BCUT2D eigenvalue weighted by Gasteiger charge is 2.39. The molecule has 0 aliphatic heterocycles. The molecule has 2 rings (SSSR count). The Hall–Kier alpha value is -3.34. The number of carbonyl (C=O) groups excluding carboxylic acids is 1. The van der Waals surface area contributed by atoms with E-state index in [9.17, 15) is 36.3 Å². The van der Waals surface area contributed by atoms with Gasteiger partial charge in [-0.25, -0.2) is 13.1 Å². The van der Waals surface area contributed by atoms with Gasteiger partial charge in [-0.1, -0.05) is 0 Å². The number of amides is 1. The summed E-state index contributed by atoms with van der Waals surface area (Å²) in [5.74, 6) is -1.36. The average Bonchev–Trinajstić information content (AvgIpc) is 2.81. The van der Waals surface area contributed by atoms with Crippen LogP contribution in [0.2, 0.25) is 0 Å². The summed E-state index contributed by atoms with van der Waals surface area (Å²) in [6.45, 7) is 1.53. The quantitative estimate of drug-likeness (QED) is 0.231. The molecule has 37 heavy (non-hydrogen) atoms. The van der Waals surface area contributed by atoms with Crippen LogP contribution in [0.3, 0.4) is 0 Å². The molecule has 0 spiro atoms. The van der Waals surface area contributed by atoms with E-state index in [-0.39, 0.29) is 50.0 Å². The van der Waals surface area contributed by atoms with Crippen LogP contribution in [0.1, 0.15) is 18.1 Å². The number of sulfonamides is 1. The van der Waals surface area contributed by atoms with Crippen LogP contribution in [-0.2, 0) is 32.3 Å². The van der Waals surface area contributed by atoms with Crippen LogP contribution in [0.4, 0.5) is 24.5 Å². The fraction of sp³-hybridized carbons (Fsp3) is 0.429. The lowest BCUT2D eigenvalue weighted by Gasteiger charge is -2.17. The van der Waals surface area contributed by atoms with Crippen molar-refractivity contribution in [1.29, 1.82) is 0 Å². The molecular formula is C21H26F3N5O7S. The SMILES string of the molecule is CC(=O)NCCn1c(O)c(C)c(C(F)(F)F)c(N=Nc2ccc(S(=O)(=O)NCCOCCO)cc2)c1=O. The summed E-state index contributed by atoms with van der Waals surface area (Å²) in [5, 5.41) is 28.3. The molecule has 0 aliphatic carbocycles. The van der Waals surface area contributed by atoms with Crippen molar-refractivity contribution in [3.8, 4) is 5.88 Å². The van der Waals surface area contributed by atoms with Crippen molar-refractivity contribution in [2.24, 2.45) is 10.2 Å². The van der Waals surface area contributed by atoms with Gasteiger partial charge in [-0.05, 0) is 31.2 Å². The van der Waals surface area contributed by atoms with Gasteiger partial charge in [0.1, 0.15) is 0 Å². The number of ether oxygens (including phenoxy) is 1. The highest BCUT2D eigenvalue weighted by molar-refractivity contribution is 7.89. The van der Waals surface area contributed by atoms with E-state index in [2.05, 4.69) is 20.3 Å². The molecule has 1 heterocycles. The predicted molar refractivity (Wildman–Crippen MR) is 125 cm³/mol. The van der Waals surface area contributed by atoms with Gasteiger partial charge in [0.25, 0.3) is 5.56 Å². The molecular weight excluding hydrogens is 523 g/mol. The molecule has 12 nitrogen and oxygen atoms in total. The second-order valence-electron chi connectivity index (χ2n) is 7.54. The third-order valence-electron chi connectivity index (χ3n) is 4.83. The molecule has 0 bridgehead atoms. The number of carbonyl (C=O) groups is 1. The van der Waals surface area contributed by atoms with E-state index in [1.165, 1.54) is 19.1 Å². The number of benzene rings is 1. The molecule has 0 radical (unpaired) electrons. The van der Waals surface area contributed by atoms with Gasteiger partial charge >= 0.3 is 6.18 Å². The fourth-order valence-corrected chi connectivity index (χ4v) is 4.12. The van der Waals surface area contributed by atoms with Crippen molar-refractivity contribution < 1.29 is 41.3 Å². The number of aliphatic hydroxyl groups excluding tert-OH is 1. The van der Waals surface area contributed by atoms with E-state index in [1.54, 1.807) is 0 Å². The largest absolute Gasteiger partial charge is 0.494 e. The summed E-state index contributed by atoms with van der Waals surface area (Å²) in [6.07, 6.45) is -5.05. The van der Waals surface area contributed by atoms with E-state index >= 15 is 0 Å². The Morgan fingerprint density at radius 1 is 1.14 bits per heavy atom. The highest BCUT2D eigenvalue weighted by Crippen LogP contribution is 2.40. The van der Waals surface area contributed by atoms with Crippen LogP contribution < -0.4 is 15.6 Å². The molecule has 0 atom stereocenters. The number of pyridine rings is 1. The summed E-state index contributed by atoms with van der Waals surface area (Å²) in [5.41, 5.74) is -4.53. The van der Waals surface area contributed by atoms with Crippen molar-refractivity contribution in [2.75, 3.05) is 32.9 Å². The molecule has 0 saturated carbocycles. The second-order valence-corrected chi connectivity index (χ2v) is 9.30. The zero-order chi connectivity index (χ0) is 27.8. The number of azo groups is 1. The van der Waals surface area contributed by atoms with E-state index in [4.69, 9.17) is 9.84 Å². The molecule has 0 saturated heterocycles. The molecule has 2 aromatic rings. The van der Waals surface area contributed by atoms with Gasteiger partial charge in [0, 0.05) is 32.1 Å². The number of nitrogens with zero attached hydrogens (tertiary/aromatic N) is 3. The van der Waals surface area contributed by atoms with E-state index in [1.807, 2.05) is 0 Å². The van der Waals surface area contributed by atoms with E-state index < -0.39 is 50.4 Å². The summed E-state index contributed by atoms with van der Waals surface area (Å²) in [4.78, 5) is 23.7. The normalized spacial score (nSPS) is 12.3. The lowest BCUT2D eigenvalue weighted by atomic mass is 10.1. The van der Waals surface area contributed by atoms with Gasteiger partial charge in [0.05, 0.1) is 36.0 Å². The Morgan fingerprint density at radius 3 is 2.35 bits per heavy atom. The molecule has 0 unspecified atom stereocenters. The Bertz CT molecular complexity index is 1290.